The van der Waals surface area contributed by atoms with Crippen molar-refractivity contribution in [2.75, 3.05) is 13.2 Å². The molecule has 0 bridgehead atoms. The second-order valence-corrected chi connectivity index (χ2v) is 19.9. The van der Waals surface area contributed by atoms with E-state index in [0.29, 0.717) is 19.3 Å². The molecule has 0 amide bonds. The lowest BCUT2D eigenvalue weighted by atomic mass is 10.0. The molecule has 0 aliphatic carbocycles. The molecular formula is C62H112O6. The van der Waals surface area contributed by atoms with Gasteiger partial charge >= 0.3 is 17.9 Å². The maximum atomic E-state index is 12.9. The van der Waals surface area contributed by atoms with Crippen LogP contribution >= 0.6 is 0 Å². The average molecular weight is 954 g/mol. The maximum Gasteiger partial charge on any atom is 0.306 e. The fourth-order valence-electron chi connectivity index (χ4n) is 8.63. The van der Waals surface area contributed by atoms with Gasteiger partial charge in [0.1, 0.15) is 13.2 Å². The van der Waals surface area contributed by atoms with Gasteiger partial charge in [0.2, 0.25) is 0 Å². The van der Waals surface area contributed by atoms with Crippen LogP contribution in [-0.4, -0.2) is 37.2 Å². The molecule has 0 rings (SSSR count). The number of carbonyl (C=O) groups is 3. The number of ether oxygens (including phenoxy) is 3. The van der Waals surface area contributed by atoms with Crippen molar-refractivity contribution in [1.82, 2.24) is 0 Å². The molecule has 1 atom stereocenters. The SMILES string of the molecule is CC/C=C\C/C=C\C/C=C\CCCCCCCCC(=O)OCC(COC(=O)CCCCCCCCC/C=C\CCCCCCCC)OC(=O)CCCCCCCCCCCCCCCCCCC. The minimum absolute atomic E-state index is 0.0765. The Bertz CT molecular complexity index is 1190. The predicted molar refractivity (Wildman–Crippen MR) is 293 cm³/mol. The van der Waals surface area contributed by atoms with Crippen LogP contribution in [0, 0.1) is 0 Å². The Morgan fingerprint density at radius 2 is 0.574 bits per heavy atom. The molecule has 0 heterocycles. The van der Waals surface area contributed by atoms with E-state index in [2.05, 4.69) is 69.4 Å². The first kappa shape index (κ1) is 65.4. The Balaban J connectivity index is 4.37. The molecule has 0 aliphatic heterocycles. The number of rotatable bonds is 54. The Hall–Kier alpha value is -2.63. The minimum atomic E-state index is -0.778. The fraction of sp³-hybridized carbons (Fsp3) is 0.823. The summed E-state index contributed by atoms with van der Waals surface area (Å²) in [5.74, 6) is -0.876. The highest BCUT2D eigenvalue weighted by molar-refractivity contribution is 5.71. The first-order chi connectivity index (χ1) is 33.5. The lowest BCUT2D eigenvalue weighted by Gasteiger charge is -2.18. The van der Waals surface area contributed by atoms with E-state index in [1.54, 1.807) is 0 Å². The zero-order valence-corrected chi connectivity index (χ0v) is 45.4. The minimum Gasteiger partial charge on any atom is -0.462 e. The van der Waals surface area contributed by atoms with Gasteiger partial charge in [-0.25, -0.2) is 0 Å². The molecule has 68 heavy (non-hydrogen) atoms. The number of hydrogen-bond donors (Lipinski definition) is 0. The summed E-state index contributed by atoms with van der Waals surface area (Å²) in [6.45, 7) is 6.55. The van der Waals surface area contributed by atoms with Crippen molar-refractivity contribution in [1.29, 1.82) is 0 Å². The van der Waals surface area contributed by atoms with Gasteiger partial charge in [-0.1, -0.05) is 262 Å². The summed E-state index contributed by atoms with van der Waals surface area (Å²) in [6.07, 6.45) is 69.6. The molecule has 6 nitrogen and oxygen atoms in total. The van der Waals surface area contributed by atoms with Gasteiger partial charge in [0.15, 0.2) is 6.10 Å². The van der Waals surface area contributed by atoms with Crippen molar-refractivity contribution in [3.63, 3.8) is 0 Å². The number of carbonyl (C=O) groups excluding carboxylic acids is 3. The molecule has 1 unspecified atom stereocenters. The normalized spacial score (nSPS) is 12.3. The van der Waals surface area contributed by atoms with Gasteiger partial charge in [-0.2, -0.15) is 0 Å². The maximum absolute atomic E-state index is 12.9. The predicted octanol–water partition coefficient (Wildman–Crippen LogP) is 19.8. The Morgan fingerprint density at radius 1 is 0.309 bits per heavy atom. The van der Waals surface area contributed by atoms with Gasteiger partial charge in [0.05, 0.1) is 0 Å². The third-order valence-electron chi connectivity index (χ3n) is 13.1. The topological polar surface area (TPSA) is 78.9 Å². The van der Waals surface area contributed by atoms with Gasteiger partial charge in [-0.05, 0) is 77.0 Å². The van der Waals surface area contributed by atoms with Crippen molar-refractivity contribution in [3.05, 3.63) is 48.6 Å². The second kappa shape index (κ2) is 57.0. The van der Waals surface area contributed by atoms with Crippen LogP contribution in [0.2, 0.25) is 0 Å². The zero-order chi connectivity index (χ0) is 49.3. The van der Waals surface area contributed by atoms with Gasteiger partial charge in [0, 0.05) is 19.3 Å². The molecule has 0 saturated heterocycles. The summed E-state index contributed by atoms with van der Waals surface area (Å²) in [5.41, 5.74) is 0. The van der Waals surface area contributed by atoms with E-state index in [4.69, 9.17) is 14.2 Å². The highest BCUT2D eigenvalue weighted by Gasteiger charge is 2.19. The van der Waals surface area contributed by atoms with E-state index >= 15 is 0 Å². The molecule has 6 heteroatoms. The van der Waals surface area contributed by atoms with E-state index < -0.39 is 6.10 Å². The number of hydrogen-bond acceptors (Lipinski definition) is 6. The standard InChI is InChI=1S/C62H112O6/c1-4-7-10-13-16-19-22-25-28-31-34-37-40-43-46-49-52-55-61(64)67-58-59(57-66-60(63)54-51-48-45-42-39-36-33-30-27-24-21-18-15-12-9-6-3)68-62(65)56-53-50-47-44-41-38-35-32-29-26-23-20-17-14-11-8-5-2/h9,12,18,21,25,27-28,30,59H,4-8,10-11,13-17,19-20,22-24,26,29,31-58H2,1-3H3/b12-9-,21-18-,28-25-,30-27-. The van der Waals surface area contributed by atoms with Crippen LogP contribution in [0.25, 0.3) is 0 Å². The van der Waals surface area contributed by atoms with E-state index in [9.17, 15) is 14.4 Å². The van der Waals surface area contributed by atoms with Crippen molar-refractivity contribution in [3.8, 4) is 0 Å². The van der Waals surface area contributed by atoms with Crippen LogP contribution in [0.5, 0.6) is 0 Å². The molecule has 0 aliphatic rings. The summed E-state index contributed by atoms with van der Waals surface area (Å²) in [4.78, 5) is 38.2. The summed E-state index contributed by atoms with van der Waals surface area (Å²) >= 11 is 0. The molecule has 0 saturated carbocycles. The monoisotopic (exact) mass is 953 g/mol. The van der Waals surface area contributed by atoms with Gasteiger partial charge < -0.3 is 14.2 Å². The molecular weight excluding hydrogens is 841 g/mol. The molecule has 0 aromatic rings. The number of allylic oxidation sites excluding steroid dienone is 8. The van der Waals surface area contributed by atoms with Crippen LogP contribution in [0.15, 0.2) is 48.6 Å². The Labute approximate surface area is 422 Å². The largest absolute Gasteiger partial charge is 0.462 e. The van der Waals surface area contributed by atoms with Crippen molar-refractivity contribution in [2.24, 2.45) is 0 Å². The van der Waals surface area contributed by atoms with Crippen LogP contribution in [0.1, 0.15) is 310 Å². The smallest absolute Gasteiger partial charge is 0.306 e. The first-order valence-electron chi connectivity index (χ1n) is 29.6. The fourth-order valence-corrected chi connectivity index (χ4v) is 8.63. The molecule has 0 radical (unpaired) electrons. The van der Waals surface area contributed by atoms with E-state index in [0.717, 1.165) is 83.5 Å². The summed E-state index contributed by atoms with van der Waals surface area (Å²) in [6, 6.07) is 0. The zero-order valence-electron chi connectivity index (χ0n) is 45.4. The Morgan fingerprint density at radius 3 is 0.912 bits per heavy atom. The van der Waals surface area contributed by atoms with E-state index in [1.165, 1.54) is 186 Å². The molecule has 0 aromatic carbocycles. The highest BCUT2D eigenvalue weighted by Crippen LogP contribution is 2.17. The van der Waals surface area contributed by atoms with Crippen LogP contribution in [0.4, 0.5) is 0 Å². The second-order valence-electron chi connectivity index (χ2n) is 19.9. The third kappa shape index (κ3) is 54.3. The van der Waals surface area contributed by atoms with E-state index in [1.807, 2.05) is 0 Å². The number of unbranched alkanes of at least 4 members (excludes halogenated alkanes) is 35. The molecule has 0 N–H and O–H groups in total. The van der Waals surface area contributed by atoms with Crippen molar-refractivity contribution >= 4 is 17.9 Å². The van der Waals surface area contributed by atoms with Crippen LogP contribution in [-0.2, 0) is 28.6 Å². The van der Waals surface area contributed by atoms with Crippen molar-refractivity contribution < 1.29 is 28.6 Å². The number of esters is 3. The quantitative estimate of drug-likeness (QED) is 0.0262. The average Bonchev–Trinajstić information content (AvgIpc) is 3.34. The van der Waals surface area contributed by atoms with Crippen LogP contribution < -0.4 is 0 Å². The van der Waals surface area contributed by atoms with Gasteiger partial charge in [-0.15, -0.1) is 0 Å². The molecule has 0 spiro atoms. The van der Waals surface area contributed by atoms with Gasteiger partial charge in [0.25, 0.3) is 0 Å². The lowest BCUT2D eigenvalue weighted by molar-refractivity contribution is -0.167. The third-order valence-corrected chi connectivity index (χ3v) is 13.1. The van der Waals surface area contributed by atoms with E-state index in [-0.39, 0.29) is 31.1 Å². The van der Waals surface area contributed by atoms with Crippen molar-refractivity contribution in [2.45, 2.75) is 316 Å². The summed E-state index contributed by atoms with van der Waals surface area (Å²) < 4.78 is 16.9. The first-order valence-corrected chi connectivity index (χ1v) is 29.6. The van der Waals surface area contributed by atoms with Gasteiger partial charge in [-0.3, -0.25) is 14.4 Å². The highest BCUT2D eigenvalue weighted by atomic mass is 16.6. The Kier molecular flexibility index (Phi) is 54.8. The molecule has 0 fully saturated rings. The molecule has 396 valence electrons. The van der Waals surface area contributed by atoms with Crippen LogP contribution in [0.3, 0.4) is 0 Å². The summed E-state index contributed by atoms with van der Waals surface area (Å²) in [5, 5.41) is 0. The lowest BCUT2D eigenvalue weighted by Crippen LogP contribution is -2.30. The molecule has 0 aromatic heterocycles. The summed E-state index contributed by atoms with van der Waals surface area (Å²) in [7, 11) is 0.